The Labute approximate surface area is 114 Å². The summed E-state index contributed by atoms with van der Waals surface area (Å²) in [7, 11) is 5.17. The lowest BCUT2D eigenvalue weighted by Crippen LogP contribution is -2.12. The van der Waals surface area contributed by atoms with E-state index in [1.165, 1.54) is 4.68 Å². The first kappa shape index (κ1) is 12.3. The zero-order valence-electron chi connectivity index (χ0n) is 11.4. The molecule has 3 aromatic rings. The van der Waals surface area contributed by atoms with Crippen LogP contribution in [0.2, 0.25) is 0 Å². The van der Waals surface area contributed by atoms with Crippen LogP contribution in [0.5, 0.6) is 5.75 Å². The molecule has 102 valence electrons. The van der Waals surface area contributed by atoms with Crippen molar-refractivity contribution in [2.75, 3.05) is 7.11 Å². The summed E-state index contributed by atoms with van der Waals surface area (Å²) in [6.07, 6.45) is 1.73. The van der Waals surface area contributed by atoms with E-state index in [-0.39, 0.29) is 5.43 Å². The molecule has 7 nitrogen and oxygen atoms in total. The zero-order valence-corrected chi connectivity index (χ0v) is 11.4. The fraction of sp³-hybridized carbons (Fsp3) is 0.231. The molecule has 0 atom stereocenters. The highest BCUT2D eigenvalue weighted by molar-refractivity contribution is 5.84. The van der Waals surface area contributed by atoms with E-state index in [1.807, 2.05) is 17.7 Å². The van der Waals surface area contributed by atoms with Gasteiger partial charge in [-0.15, -0.1) is 5.10 Å². The smallest absolute Gasteiger partial charge is 0.200 e. The van der Waals surface area contributed by atoms with Crippen LogP contribution in [0.1, 0.15) is 0 Å². The van der Waals surface area contributed by atoms with Gasteiger partial charge in [-0.05, 0) is 22.6 Å². The summed E-state index contributed by atoms with van der Waals surface area (Å²) in [5, 5.41) is 11.8. The lowest BCUT2D eigenvalue weighted by molar-refractivity contribution is 0.415. The fourth-order valence-corrected chi connectivity index (χ4v) is 2.21. The standard InChI is InChI=1S/C13H13N5O2/c1-17-7-10(13-14-15-16-18(13)2)12(19)9-5-4-8(20-3)6-11(9)17/h4-7H,1-3H3. The third-order valence-electron chi connectivity index (χ3n) is 3.26. The summed E-state index contributed by atoms with van der Waals surface area (Å²) in [4.78, 5) is 12.6. The molecule has 0 saturated carbocycles. The highest BCUT2D eigenvalue weighted by Crippen LogP contribution is 2.21. The van der Waals surface area contributed by atoms with E-state index in [0.717, 1.165) is 5.52 Å². The molecule has 0 spiro atoms. The largest absolute Gasteiger partial charge is 0.497 e. The Bertz CT molecular complexity index is 850. The molecular formula is C13H13N5O2. The minimum atomic E-state index is -0.0985. The summed E-state index contributed by atoms with van der Waals surface area (Å²) in [5.41, 5.74) is 1.17. The maximum absolute atomic E-state index is 12.6. The Morgan fingerprint density at radius 3 is 2.70 bits per heavy atom. The summed E-state index contributed by atoms with van der Waals surface area (Å²) in [6.45, 7) is 0. The molecule has 0 aliphatic heterocycles. The Morgan fingerprint density at radius 1 is 1.25 bits per heavy atom. The molecule has 2 heterocycles. The normalized spacial score (nSPS) is 10.9. The first-order valence-corrected chi connectivity index (χ1v) is 6.02. The SMILES string of the molecule is COc1ccc2c(=O)c(-c3nnnn3C)cn(C)c2c1. The number of nitrogens with zero attached hydrogens (tertiary/aromatic N) is 5. The van der Waals surface area contributed by atoms with E-state index in [4.69, 9.17) is 4.74 Å². The number of methoxy groups -OCH3 is 1. The van der Waals surface area contributed by atoms with Gasteiger partial charge in [0.05, 0.1) is 18.2 Å². The van der Waals surface area contributed by atoms with E-state index in [9.17, 15) is 4.79 Å². The molecular weight excluding hydrogens is 258 g/mol. The van der Waals surface area contributed by atoms with Crippen LogP contribution < -0.4 is 10.2 Å². The van der Waals surface area contributed by atoms with Crippen molar-refractivity contribution in [1.29, 1.82) is 0 Å². The first-order chi connectivity index (χ1) is 9.61. The maximum atomic E-state index is 12.6. The number of aryl methyl sites for hydroxylation is 2. The third-order valence-corrected chi connectivity index (χ3v) is 3.26. The number of benzene rings is 1. The number of pyridine rings is 1. The Hall–Kier alpha value is -2.70. The fourth-order valence-electron chi connectivity index (χ4n) is 2.21. The maximum Gasteiger partial charge on any atom is 0.200 e. The number of hydrogen-bond donors (Lipinski definition) is 0. The van der Waals surface area contributed by atoms with Crippen LogP contribution >= 0.6 is 0 Å². The van der Waals surface area contributed by atoms with Crippen LogP contribution in [0.4, 0.5) is 0 Å². The molecule has 0 bridgehead atoms. The lowest BCUT2D eigenvalue weighted by Gasteiger charge is -2.09. The summed E-state index contributed by atoms with van der Waals surface area (Å²) in [5.74, 6) is 1.16. The minimum absolute atomic E-state index is 0.0985. The molecule has 1 aromatic carbocycles. The van der Waals surface area contributed by atoms with Crippen LogP contribution in [0, 0.1) is 0 Å². The molecule has 0 radical (unpaired) electrons. The van der Waals surface area contributed by atoms with Gasteiger partial charge in [-0.3, -0.25) is 4.79 Å². The average molecular weight is 271 g/mol. The lowest BCUT2D eigenvalue weighted by atomic mass is 10.1. The second-order valence-corrected chi connectivity index (χ2v) is 4.49. The van der Waals surface area contributed by atoms with Gasteiger partial charge in [0.15, 0.2) is 11.3 Å². The van der Waals surface area contributed by atoms with Crippen LogP contribution in [-0.4, -0.2) is 31.9 Å². The molecule has 0 amide bonds. The molecule has 0 saturated heterocycles. The molecule has 0 aliphatic carbocycles. The minimum Gasteiger partial charge on any atom is -0.497 e. The van der Waals surface area contributed by atoms with Crippen LogP contribution in [0.3, 0.4) is 0 Å². The topological polar surface area (TPSA) is 74.8 Å². The van der Waals surface area contributed by atoms with Gasteiger partial charge in [0.2, 0.25) is 0 Å². The molecule has 20 heavy (non-hydrogen) atoms. The Balaban J connectivity index is 2.36. The molecule has 0 unspecified atom stereocenters. The number of rotatable bonds is 2. The van der Waals surface area contributed by atoms with Gasteiger partial charge < -0.3 is 9.30 Å². The zero-order chi connectivity index (χ0) is 14.3. The molecule has 0 N–H and O–H groups in total. The van der Waals surface area contributed by atoms with Gasteiger partial charge in [-0.2, -0.15) is 0 Å². The highest BCUT2D eigenvalue weighted by Gasteiger charge is 2.14. The summed E-state index contributed by atoms with van der Waals surface area (Å²) >= 11 is 0. The van der Waals surface area contributed by atoms with Gasteiger partial charge in [0, 0.05) is 31.7 Å². The number of hydrogen-bond acceptors (Lipinski definition) is 5. The van der Waals surface area contributed by atoms with Gasteiger partial charge in [0.25, 0.3) is 0 Å². The van der Waals surface area contributed by atoms with Crippen molar-refractivity contribution in [2.45, 2.75) is 0 Å². The molecule has 7 heteroatoms. The van der Waals surface area contributed by atoms with Gasteiger partial charge in [-0.1, -0.05) is 0 Å². The summed E-state index contributed by atoms with van der Waals surface area (Å²) in [6, 6.07) is 5.35. The van der Waals surface area contributed by atoms with Crippen molar-refractivity contribution >= 4 is 10.9 Å². The van der Waals surface area contributed by atoms with Gasteiger partial charge in [-0.25, -0.2) is 4.68 Å². The number of fused-ring (bicyclic) bond motifs is 1. The summed E-state index contributed by atoms with van der Waals surface area (Å²) < 4.78 is 8.53. The Morgan fingerprint density at radius 2 is 2.05 bits per heavy atom. The highest BCUT2D eigenvalue weighted by atomic mass is 16.5. The first-order valence-electron chi connectivity index (χ1n) is 6.02. The number of ether oxygens (including phenoxy) is 1. The quantitative estimate of drug-likeness (QED) is 0.687. The Kier molecular flexibility index (Phi) is 2.74. The molecule has 0 fully saturated rings. The van der Waals surface area contributed by atoms with Crippen LogP contribution in [0.15, 0.2) is 29.2 Å². The molecule has 0 aliphatic rings. The van der Waals surface area contributed by atoms with Crippen molar-refractivity contribution in [3.63, 3.8) is 0 Å². The van der Waals surface area contributed by atoms with Crippen molar-refractivity contribution in [3.8, 4) is 17.1 Å². The second-order valence-electron chi connectivity index (χ2n) is 4.49. The van der Waals surface area contributed by atoms with Crippen molar-refractivity contribution in [3.05, 3.63) is 34.6 Å². The van der Waals surface area contributed by atoms with Crippen molar-refractivity contribution in [1.82, 2.24) is 24.8 Å². The average Bonchev–Trinajstić information content (AvgIpc) is 2.88. The van der Waals surface area contributed by atoms with E-state index in [1.54, 1.807) is 32.5 Å². The van der Waals surface area contributed by atoms with E-state index in [0.29, 0.717) is 22.5 Å². The van der Waals surface area contributed by atoms with Crippen LogP contribution in [-0.2, 0) is 14.1 Å². The number of tetrazole rings is 1. The molecule has 2 aromatic heterocycles. The third kappa shape index (κ3) is 1.75. The predicted octanol–water partition coefficient (Wildman–Crippen LogP) is 0.738. The van der Waals surface area contributed by atoms with Crippen molar-refractivity contribution in [2.24, 2.45) is 14.1 Å². The number of aromatic nitrogens is 5. The van der Waals surface area contributed by atoms with E-state index >= 15 is 0 Å². The van der Waals surface area contributed by atoms with Crippen molar-refractivity contribution < 1.29 is 4.74 Å². The second kappa shape index (κ2) is 4.44. The van der Waals surface area contributed by atoms with E-state index < -0.39 is 0 Å². The van der Waals surface area contributed by atoms with E-state index in [2.05, 4.69) is 15.5 Å². The van der Waals surface area contributed by atoms with Gasteiger partial charge >= 0.3 is 0 Å². The van der Waals surface area contributed by atoms with Gasteiger partial charge in [0.1, 0.15) is 5.75 Å². The monoisotopic (exact) mass is 271 g/mol. The van der Waals surface area contributed by atoms with Crippen LogP contribution in [0.25, 0.3) is 22.3 Å². The molecule has 3 rings (SSSR count). The predicted molar refractivity (Wildman–Crippen MR) is 73.5 cm³/mol.